The van der Waals surface area contributed by atoms with Gasteiger partial charge in [0.15, 0.2) is 22.3 Å². The van der Waals surface area contributed by atoms with Crippen molar-refractivity contribution in [2.24, 2.45) is 0 Å². The predicted molar refractivity (Wildman–Crippen MR) is 83.5 cm³/mol. The van der Waals surface area contributed by atoms with Crippen LogP contribution >= 0.6 is 0 Å². The summed E-state index contributed by atoms with van der Waals surface area (Å²) >= 11 is 0. The van der Waals surface area contributed by atoms with Crippen LogP contribution in [0.15, 0.2) is 41.7 Å². The van der Waals surface area contributed by atoms with Crippen LogP contribution in [0.3, 0.4) is 0 Å². The number of hydrogen-bond acceptors (Lipinski definition) is 5. The SMILES string of the molecule is COc1ccc(CS(=O)c2nc3ncccc3[nH]2)cc1OC. The predicted octanol–water partition coefficient (Wildman–Crippen LogP) is 2.28. The van der Waals surface area contributed by atoms with Crippen LogP contribution in [-0.2, 0) is 16.6 Å². The highest BCUT2D eigenvalue weighted by atomic mass is 32.2. The van der Waals surface area contributed by atoms with E-state index in [1.165, 1.54) is 0 Å². The summed E-state index contributed by atoms with van der Waals surface area (Å²) in [6.45, 7) is 0. The monoisotopic (exact) mass is 317 g/mol. The Morgan fingerprint density at radius 1 is 1.18 bits per heavy atom. The van der Waals surface area contributed by atoms with Gasteiger partial charge in [0.2, 0.25) is 0 Å². The van der Waals surface area contributed by atoms with E-state index in [0.717, 1.165) is 11.1 Å². The molecule has 0 spiro atoms. The number of imidazole rings is 1. The molecule has 1 unspecified atom stereocenters. The Kier molecular flexibility index (Phi) is 4.06. The minimum absolute atomic E-state index is 0.334. The van der Waals surface area contributed by atoms with Crippen LogP contribution in [-0.4, -0.2) is 33.4 Å². The molecule has 0 aliphatic carbocycles. The Morgan fingerprint density at radius 3 is 2.73 bits per heavy atom. The highest BCUT2D eigenvalue weighted by Crippen LogP contribution is 2.28. The van der Waals surface area contributed by atoms with Crippen molar-refractivity contribution in [3.63, 3.8) is 0 Å². The van der Waals surface area contributed by atoms with Gasteiger partial charge < -0.3 is 14.5 Å². The Morgan fingerprint density at radius 2 is 2.00 bits per heavy atom. The molecule has 7 heteroatoms. The van der Waals surface area contributed by atoms with E-state index < -0.39 is 10.8 Å². The number of hydrogen-bond donors (Lipinski definition) is 1. The maximum absolute atomic E-state index is 12.5. The standard InChI is InChI=1S/C15H15N3O3S/c1-20-12-6-5-10(8-13(12)21-2)9-22(19)15-17-11-4-3-7-16-14(11)18-15/h3-8H,9H2,1-2H3,(H,16,17,18). The fourth-order valence-corrected chi connectivity index (χ4v) is 3.15. The Bertz CT molecular complexity index is 799. The highest BCUT2D eigenvalue weighted by Gasteiger charge is 2.13. The number of ether oxygens (including phenoxy) is 2. The molecule has 0 radical (unpaired) electrons. The lowest BCUT2D eigenvalue weighted by Gasteiger charge is -2.08. The van der Waals surface area contributed by atoms with E-state index >= 15 is 0 Å². The summed E-state index contributed by atoms with van der Waals surface area (Å²) in [4.78, 5) is 11.4. The molecule has 1 aromatic carbocycles. The van der Waals surface area contributed by atoms with Crippen LogP contribution in [0.5, 0.6) is 11.5 Å². The molecule has 0 fully saturated rings. The van der Waals surface area contributed by atoms with Gasteiger partial charge in [-0.2, -0.15) is 0 Å². The molecule has 6 nitrogen and oxygen atoms in total. The first-order valence-corrected chi connectivity index (χ1v) is 7.93. The van der Waals surface area contributed by atoms with Gasteiger partial charge in [-0.3, -0.25) is 4.21 Å². The normalized spacial score (nSPS) is 12.3. The Labute approximate surface area is 130 Å². The molecule has 22 heavy (non-hydrogen) atoms. The Balaban J connectivity index is 1.84. The molecule has 1 N–H and O–H groups in total. The van der Waals surface area contributed by atoms with Gasteiger partial charge in [0.25, 0.3) is 0 Å². The van der Waals surface area contributed by atoms with Crippen LogP contribution in [0.25, 0.3) is 11.2 Å². The summed E-state index contributed by atoms with van der Waals surface area (Å²) in [6, 6.07) is 9.14. The van der Waals surface area contributed by atoms with E-state index in [4.69, 9.17) is 9.47 Å². The number of H-pyrrole nitrogens is 1. The van der Waals surface area contributed by atoms with Gasteiger partial charge in [-0.05, 0) is 29.8 Å². The molecule has 2 heterocycles. The van der Waals surface area contributed by atoms with E-state index in [1.54, 1.807) is 26.5 Å². The summed E-state index contributed by atoms with van der Waals surface area (Å²) in [6.07, 6.45) is 1.66. The summed E-state index contributed by atoms with van der Waals surface area (Å²) in [5, 5.41) is 0.420. The molecular formula is C15H15N3O3S. The fraction of sp³-hybridized carbons (Fsp3) is 0.200. The summed E-state index contributed by atoms with van der Waals surface area (Å²) in [7, 11) is 1.86. The van der Waals surface area contributed by atoms with E-state index in [-0.39, 0.29) is 0 Å². The van der Waals surface area contributed by atoms with Crippen LogP contribution < -0.4 is 9.47 Å². The van der Waals surface area contributed by atoms with Crippen molar-refractivity contribution in [1.29, 1.82) is 0 Å². The molecule has 0 saturated carbocycles. The molecule has 0 amide bonds. The molecule has 0 bridgehead atoms. The van der Waals surface area contributed by atoms with Crippen molar-refractivity contribution < 1.29 is 13.7 Å². The lowest BCUT2D eigenvalue weighted by atomic mass is 10.2. The third-order valence-corrected chi connectivity index (χ3v) is 4.42. The molecule has 0 saturated heterocycles. The van der Waals surface area contributed by atoms with E-state index in [1.807, 2.05) is 24.3 Å². The molecular weight excluding hydrogens is 302 g/mol. The first-order chi connectivity index (χ1) is 10.7. The van der Waals surface area contributed by atoms with Gasteiger partial charge in [0.05, 0.1) is 36.3 Å². The van der Waals surface area contributed by atoms with E-state index in [9.17, 15) is 4.21 Å². The second-order valence-electron chi connectivity index (χ2n) is 4.60. The van der Waals surface area contributed by atoms with E-state index in [2.05, 4.69) is 15.0 Å². The number of benzene rings is 1. The molecule has 1 atom stereocenters. The van der Waals surface area contributed by atoms with Crippen LogP contribution in [0, 0.1) is 0 Å². The number of methoxy groups -OCH3 is 2. The number of pyridine rings is 1. The summed E-state index contributed by atoms with van der Waals surface area (Å²) in [5.41, 5.74) is 2.22. The molecule has 3 aromatic rings. The molecule has 3 rings (SSSR count). The largest absolute Gasteiger partial charge is 0.493 e. The highest BCUT2D eigenvalue weighted by molar-refractivity contribution is 7.84. The minimum atomic E-state index is -1.29. The number of nitrogens with one attached hydrogen (secondary N) is 1. The smallest absolute Gasteiger partial charge is 0.199 e. The molecule has 2 aromatic heterocycles. The second-order valence-corrected chi connectivity index (χ2v) is 5.96. The average molecular weight is 317 g/mol. The van der Waals surface area contributed by atoms with Gasteiger partial charge in [-0.15, -0.1) is 0 Å². The van der Waals surface area contributed by atoms with Gasteiger partial charge in [0.1, 0.15) is 0 Å². The van der Waals surface area contributed by atoms with E-state index in [0.29, 0.717) is 28.1 Å². The molecule has 0 aliphatic rings. The second kappa shape index (κ2) is 6.15. The maximum atomic E-state index is 12.5. The number of fused-ring (bicyclic) bond motifs is 1. The van der Waals surface area contributed by atoms with Crippen molar-refractivity contribution in [2.45, 2.75) is 10.9 Å². The fourth-order valence-electron chi connectivity index (χ4n) is 2.12. The molecule has 0 aliphatic heterocycles. The van der Waals surface area contributed by atoms with Crippen molar-refractivity contribution in [1.82, 2.24) is 15.0 Å². The zero-order chi connectivity index (χ0) is 15.5. The lowest BCUT2D eigenvalue weighted by molar-refractivity contribution is 0.354. The van der Waals surface area contributed by atoms with Crippen molar-refractivity contribution >= 4 is 22.0 Å². The van der Waals surface area contributed by atoms with Crippen molar-refractivity contribution in [3.05, 3.63) is 42.1 Å². The van der Waals surface area contributed by atoms with Crippen LogP contribution in [0.4, 0.5) is 0 Å². The number of rotatable bonds is 5. The quantitative estimate of drug-likeness (QED) is 0.781. The third-order valence-electron chi connectivity index (χ3n) is 3.20. The Hall–Kier alpha value is -2.41. The topological polar surface area (TPSA) is 77.1 Å². The third kappa shape index (κ3) is 2.80. The van der Waals surface area contributed by atoms with Crippen LogP contribution in [0.1, 0.15) is 5.56 Å². The average Bonchev–Trinajstić information content (AvgIpc) is 2.99. The van der Waals surface area contributed by atoms with Gasteiger partial charge >= 0.3 is 0 Å². The number of aromatic amines is 1. The first-order valence-electron chi connectivity index (χ1n) is 6.61. The van der Waals surface area contributed by atoms with Gasteiger partial charge in [-0.25, -0.2) is 9.97 Å². The molecule has 114 valence electrons. The zero-order valence-corrected chi connectivity index (χ0v) is 13.0. The van der Waals surface area contributed by atoms with Crippen molar-refractivity contribution in [3.8, 4) is 11.5 Å². The number of nitrogens with zero attached hydrogens (tertiary/aromatic N) is 2. The van der Waals surface area contributed by atoms with Gasteiger partial charge in [0, 0.05) is 6.20 Å². The first kappa shape index (κ1) is 14.5. The summed E-state index contributed by atoms with van der Waals surface area (Å²) < 4.78 is 22.9. The lowest BCUT2D eigenvalue weighted by Crippen LogP contribution is -2.00. The van der Waals surface area contributed by atoms with Crippen LogP contribution in [0.2, 0.25) is 0 Å². The maximum Gasteiger partial charge on any atom is 0.199 e. The summed E-state index contributed by atoms with van der Waals surface area (Å²) in [5.74, 6) is 1.59. The van der Waals surface area contributed by atoms with Crippen molar-refractivity contribution in [2.75, 3.05) is 14.2 Å². The minimum Gasteiger partial charge on any atom is -0.493 e. The zero-order valence-electron chi connectivity index (χ0n) is 12.2. The number of aromatic nitrogens is 3. The van der Waals surface area contributed by atoms with Gasteiger partial charge in [-0.1, -0.05) is 6.07 Å².